The normalized spacial score (nSPS) is 24.1. The molecule has 0 saturated heterocycles. The van der Waals surface area contributed by atoms with E-state index in [1.807, 2.05) is 6.07 Å². The van der Waals surface area contributed by atoms with Crippen LogP contribution in [-0.2, 0) is 0 Å². The molecule has 25 heavy (non-hydrogen) atoms. The SMILES string of the molecule is CCCCCCCOc1ccc(C2CCCC(N)(CO)CC2)cc1F. The van der Waals surface area contributed by atoms with Crippen LogP contribution in [0, 0.1) is 5.82 Å². The fourth-order valence-corrected chi connectivity index (χ4v) is 3.70. The highest BCUT2D eigenvalue weighted by atomic mass is 19.1. The van der Waals surface area contributed by atoms with Gasteiger partial charge in [0.2, 0.25) is 0 Å². The van der Waals surface area contributed by atoms with Gasteiger partial charge in [-0.25, -0.2) is 4.39 Å². The Balaban J connectivity index is 1.86. The zero-order chi connectivity index (χ0) is 18.1. The molecule has 2 rings (SSSR count). The van der Waals surface area contributed by atoms with Crippen LogP contribution in [0.2, 0.25) is 0 Å². The molecule has 1 aromatic rings. The van der Waals surface area contributed by atoms with Gasteiger partial charge in [-0.05, 0) is 55.7 Å². The predicted molar refractivity (Wildman–Crippen MR) is 100 cm³/mol. The lowest BCUT2D eigenvalue weighted by Crippen LogP contribution is -2.42. The third kappa shape index (κ3) is 6.27. The van der Waals surface area contributed by atoms with Gasteiger partial charge in [0.25, 0.3) is 0 Å². The molecule has 1 aliphatic rings. The second-order valence-electron chi connectivity index (χ2n) is 7.60. The van der Waals surface area contributed by atoms with Crippen LogP contribution >= 0.6 is 0 Å². The number of aliphatic hydroxyl groups is 1. The van der Waals surface area contributed by atoms with Crippen molar-refractivity contribution in [2.24, 2.45) is 5.73 Å². The molecule has 2 unspecified atom stereocenters. The Hall–Kier alpha value is -1.13. The fourth-order valence-electron chi connectivity index (χ4n) is 3.70. The van der Waals surface area contributed by atoms with Crippen molar-refractivity contribution in [2.45, 2.75) is 82.6 Å². The van der Waals surface area contributed by atoms with Crippen LogP contribution in [0.4, 0.5) is 4.39 Å². The molecule has 0 radical (unpaired) electrons. The Morgan fingerprint density at radius 3 is 2.72 bits per heavy atom. The van der Waals surface area contributed by atoms with Crippen LogP contribution in [0.15, 0.2) is 18.2 Å². The average molecular weight is 352 g/mol. The minimum atomic E-state index is -0.464. The molecule has 0 amide bonds. The average Bonchev–Trinajstić information content (AvgIpc) is 2.81. The number of halogens is 1. The highest BCUT2D eigenvalue weighted by Gasteiger charge is 2.29. The van der Waals surface area contributed by atoms with Gasteiger partial charge in [-0.1, -0.05) is 45.1 Å². The zero-order valence-electron chi connectivity index (χ0n) is 15.6. The second-order valence-corrected chi connectivity index (χ2v) is 7.60. The van der Waals surface area contributed by atoms with Gasteiger partial charge in [-0.2, -0.15) is 0 Å². The van der Waals surface area contributed by atoms with E-state index >= 15 is 0 Å². The van der Waals surface area contributed by atoms with Gasteiger partial charge in [-0.15, -0.1) is 0 Å². The third-order valence-electron chi connectivity index (χ3n) is 5.47. The van der Waals surface area contributed by atoms with Crippen molar-refractivity contribution in [3.05, 3.63) is 29.6 Å². The summed E-state index contributed by atoms with van der Waals surface area (Å²) in [6.07, 6.45) is 10.3. The minimum absolute atomic E-state index is 0.0269. The fraction of sp³-hybridized carbons (Fsp3) is 0.714. The molecule has 4 heteroatoms. The summed E-state index contributed by atoms with van der Waals surface area (Å²) in [5, 5.41) is 9.46. The lowest BCUT2D eigenvalue weighted by molar-refractivity contribution is 0.180. The van der Waals surface area contributed by atoms with Gasteiger partial charge >= 0.3 is 0 Å². The predicted octanol–water partition coefficient (Wildman–Crippen LogP) is 4.91. The van der Waals surface area contributed by atoms with E-state index in [0.717, 1.165) is 50.5 Å². The van der Waals surface area contributed by atoms with Crippen molar-refractivity contribution in [1.29, 1.82) is 0 Å². The Bertz CT molecular complexity index is 523. The first kappa shape index (κ1) is 20.2. The molecule has 1 aromatic carbocycles. The maximum Gasteiger partial charge on any atom is 0.165 e. The molecule has 0 heterocycles. The van der Waals surface area contributed by atoms with E-state index in [2.05, 4.69) is 6.92 Å². The van der Waals surface area contributed by atoms with Crippen LogP contribution < -0.4 is 10.5 Å². The molecule has 1 saturated carbocycles. The lowest BCUT2D eigenvalue weighted by atomic mass is 9.89. The first-order valence-electron chi connectivity index (χ1n) is 9.90. The van der Waals surface area contributed by atoms with Gasteiger partial charge < -0.3 is 15.6 Å². The van der Waals surface area contributed by atoms with E-state index in [9.17, 15) is 9.50 Å². The van der Waals surface area contributed by atoms with Gasteiger partial charge in [-0.3, -0.25) is 0 Å². The van der Waals surface area contributed by atoms with E-state index in [0.29, 0.717) is 18.3 Å². The summed E-state index contributed by atoms with van der Waals surface area (Å²) in [6, 6.07) is 5.38. The summed E-state index contributed by atoms with van der Waals surface area (Å²) >= 11 is 0. The molecule has 3 N–H and O–H groups in total. The summed E-state index contributed by atoms with van der Waals surface area (Å²) < 4.78 is 20.0. The molecule has 2 atom stereocenters. The molecule has 142 valence electrons. The van der Waals surface area contributed by atoms with Gasteiger partial charge in [0.05, 0.1) is 13.2 Å². The van der Waals surface area contributed by atoms with Gasteiger partial charge in [0.15, 0.2) is 11.6 Å². The number of benzene rings is 1. The van der Waals surface area contributed by atoms with Crippen molar-refractivity contribution in [2.75, 3.05) is 13.2 Å². The van der Waals surface area contributed by atoms with Crippen LogP contribution in [0.1, 0.15) is 82.6 Å². The van der Waals surface area contributed by atoms with Crippen LogP contribution in [0.25, 0.3) is 0 Å². The Morgan fingerprint density at radius 1 is 1.20 bits per heavy atom. The Labute approximate surface area is 151 Å². The summed E-state index contributed by atoms with van der Waals surface area (Å²) in [7, 11) is 0. The quantitative estimate of drug-likeness (QED) is 0.491. The summed E-state index contributed by atoms with van der Waals surface area (Å²) in [4.78, 5) is 0. The second kappa shape index (κ2) is 10.1. The number of hydrogen-bond acceptors (Lipinski definition) is 3. The molecular formula is C21H34FNO2. The van der Waals surface area contributed by atoms with Crippen molar-refractivity contribution < 1.29 is 14.2 Å². The van der Waals surface area contributed by atoms with Crippen LogP contribution in [0.5, 0.6) is 5.75 Å². The Kier molecular flexibility index (Phi) is 8.17. The smallest absolute Gasteiger partial charge is 0.165 e. The third-order valence-corrected chi connectivity index (χ3v) is 5.47. The monoisotopic (exact) mass is 351 g/mol. The number of nitrogens with two attached hydrogens (primary N) is 1. The molecule has 3 nitrogen and oxygen atoms in total. The van der Waals surface area contributed by atoms with E-state index in [1.165, 1.54) is 19.3 Å². The molecule has 1 fully saturated rings. The summed E-state index contributed by atoms with van der Waals surface area (Å²) in [6.45, 7) is 2.80. The van der Waals surface area contributed by atoms with Gasteiger partial charge in [0, 0.05) is 5.54 Å². The topological polar surface area (TPSA) is 55.5 Å². The number of unbranched alkanes of at least 4 members (excludes halogenated alkanes) is 4. The highest BCUT2D eigenvalue weighted by molar-refractivity contribution is 5.31. The number of aliphatic hydroxyl groups excluding tert-OH is 1. The molecular weight excluding hydrogens is 317 g/mol. The Morgan fingerprint density at radius 2 is 2.00 bits per heavy atom. The van der Waals surface area contributed by atoms with E-state index in [-0.39, 0.29) is 12.4 Å². The van der Waals surface area contributed by atoms with Crippen molar-refractivity contribution in [1.82, 2.24) is 0 Å². The maximum absolute atomic E-state index is 14.4. The molecule has 0 spiro atoms. The van der Waals surface area contributed by atoms with E-state index in [1.54, 1.807) is 12.1 Å². The van der Waals surface area contributed by atoms with Crippen LogP contribution in [0.3, 0.4) is 0 Å². The first-order valence-corrected chi connectivity index (χ1v) is 9.90. The lowest BCUT2D eigenvalue weighted by Gasteiger charge is -2.25. The first-order chi connectivity index (χ1) is 12.1. The number of ether oxygens (including phenoxy) is 1. The standard InChI is InChI=1S/C21H34FNO2/c1-2-3-4-5-6-14-25-20-10-9-18(15-19(20)22)17-8-7-12-21(23,16-24)13-11-17/h9-10,15,17,24H,2-8,11-14,16,23H2,1H3. The largest absolute Gasteiger partial charge is 0.491 e. The zero-order valence-corrected chi connectivity index (χ0v) is 15.6. The number of rotatable bonds is 9. The molecule has 0 aromatic heterocycles. The summed E-state index contributed by atoms with van der Waals surface area (Å²) in [5.41, 5.74) is 6.77. The highest BCUT2D eigenvalue weighted by Crippen LogP contribution is 2.36. The summed E-state index contributed by atoms with van der Waals surface area (Å²) in [5.74, 6) is 0.405. The van der Waals surface area contributed by atoms with Gasteiger partial charge in [0.1, 0.15) is 0 Å². The van der Waals surface area contributed by atoms with Crippen molar-refractivity contribution in [3.63, 3.8) is 0 Å². The maximum atomic E-state index is 14.4. The number of hydrogen-bond donors (Lipinski definition) is 2. The van der Waals surface area contributed by atoms with Crippen LogP contribution in [-0.4, -0.2) is 23.9 Å². The minimum Gasteiger partial charge on any atom is -0.491 e. The molecule has 1 aliphatic carbocycles. The molecule has 0 bridgehead atoms. The molecule has 0 aliphatic heterocycles. The van der Waals surface area contributed by atoms with E-state index in [4.69, 9.17) is 10.5 Å². The van der Waals surface area contributed by atoms with Crippen molar-refractivity contribution in [3.8, 4) is 5.75 Å². The van der Waals surface area contributed by atoms with E-state index < -0.39 is 5.54 Å². The van der Waals surface area contributed by atoms with Crippen molar-refractivity contribution >= 4 is 0 Å².